The number of pyridine rings is 1. The monoisotopic (exact) mass is 204 g/mol. The van der Waals surface area contributed by atoms with Gasteiger partial charge in [-0.25, -0.2) is 0 Å². The Labute approximate surface area is 87.6 Å². The summed E-state index contributed by atoms with van der Waals surface area (Å²) in [6.45, 7) is 3.60. The third-order valence-electron chi connectivity index (χ3n) is 2.22. The third-order valence-corrected chi connectivity index (χ3v) is 2.22. The Morgan fingerprint density at radius 2 is 2.20 bits per heavy atom. The number of ketones is 1. The quantitative estimate of drug-likeness (QED) is 0.756. The Hall–Kier alpha value is -1.89. The largest absolute Gasteiger partial charge is 0.324 e. The molecule has 0 bridgehead atoms. The summed E-state index contributed by atoms with van der Waals surface area (Å²) in [6, 6.07) is 3.15. The first kappa shape index (κ1) is 11.2. The molecular weight excluding hydrogens is 192 g/mol. The zero-order valence-corrected chi connectivity index (χ0v) is 8.76. The molecule has 4 nitrogen and oxygen atoms in total. The molecule has 0 atom stereocenters. The zero-order chi connectivity index (χ0) is 11.4. The van der Waals surface area contributed by atoms with Crippen LogP contribution >= 0.6 is 0 Å². The van der Waals surface area contributed by atoms with Crippen molar-refractivity contribution in [2.45, 2.75) is 26.7 Å². The lowest BCUT2D eigenvalue weighted by atomic mass is 10.0. The van der Waals surface area contributed by atoms with E-state index in [1.807, 2.05) is 6.92 Å². The van der Waals surface area contributed by atoms with Gasteiger partial charge >= 0.3 is 0 Å². The van der Waals surface area contributed by atoms with E-state index in [-0.39, 0.29) is 11.3 Å². The number of aromatic amines is 1. The van der Waals surface area contributed by atoms with Crippen molar-refractivity contribution >= 4 is 5.78 Å². The summed E-state index contributed by atoms with van der Waals surface area (Å²) in [6.07, 6.45) is 0.936. The van der Waals surface area contributed by atoms with Crippen molar-refractivity contribution in [3.63, 3.8) is 0 Å². The molecule has 0 amide bonds. The first-order valence-corrected chi connectivity index (χ1v) is 4.83. The predicted octanol–water partition coefficient (Wildman–Crippen LogP) is 1.40. The number of nitrogens with one attached hydrogen (secondary N) is 1. The maximum absolute atomic E-state index is 11.5. The number of carbonyl (C=O) groups is 1. The van der Waals surface area contributed by atoms with Gasteiger partial charge in [-0.1, -0.05) is 13.8 Å². The molecule has 0 radical (unpaired) electrons. The number of H-pyrrole nitrogens is 1. The van der Waals surface area contributed by atoms with Gasteiger partial charge in [-0.15, -0.1) is 0 Å². The minimum absolute atomic E-state index is 0.0102. The summed E-state index contributed by atoms with van der Waals surface area (Å²) >= 11 is 0. The molecule has 1 N–H and O–H groups in total. The maximum Gasteiger partial charge on any atom is 0.266 e. The van der Waals surface area contributed by atoms with Crippen LogP contribution in [0.3, 0.4) is 0 Å². The smallest absolute Gasteiger partial charge is 0.266 e. The number of nitriles is 1. The fourth-order valence-electron chi connectivity index (χ4n) is 1.37. The highest BCUT2D eigenvalue weighted by atomic mass is 16.1. The molecule has 1 heterocycles. The van der Waals surface area contributed by atoms with Crippen molar-refractivity contribution in [2.75, 3.05) is 0 Å². The Morgan fingerprint density at radius 1 is 1.53 bits per heavy atom. The van der Waals surface area contributed by atoms with Gasteiger partial charge in [0.1, 0.15) is 11.6 Å². The second-order valence-electron chi connectivity index (χ2n) is 3.15. The van der Waals surface area contributed by atoms with E-state index < -0.39 is 5.56 Å². The van der Waals surface area contributed by atoms with Crippen molar-refractivity contribution in [3.05, 3.63) is 33.2 Å². The minimum Gasteiger partial charge on any atom is -0.324 e. The van der Waals surface area contributed by atoms with Gasteiger partial charge in [-0.05, 0) is 12.5 Å². The van der Waals surface area contributed by atoms with E-state index in [0.29, 0.717) is 24.1 Å². The molecular formula is C11H12N2O2. The summed E-state index contributed by atoms with van der Waals surface area (Å²) in [5, 5.41) is 8.68. The molecule has 0 saturated carbocycles. The van der Waals surface area contributed by atoms with Gasteiger partial charge in [0, 0.05) is 17.7 Å². The second-order valence-corrected chi connectivity index (χ2v) is 3.15. The molecule has 0 spiro atoms. The summed E-state index contributed by atoms with van der Waals surface area (Å²) in [7, 11) is 0. The molecule has 0 aliphatic carbocycles. The van der Waals surface area contributed by atoms with Crippen molar-refractivity contribution in [1.82, 2.24) is 4.98 Å². The molecule has 4 heteroatoms. The average Bonchev–Trinajstić information content (AvgIpc) is 2.27. The fourth-order valence-corrected chi connectivity index (χ4v) is 1.37. The first-order valence-electron chi connectivity index (χ1n) is 4.83. The van der Waals surface area contributed by atoms with Gasteiger partial charge in [-0.2, -0.15) is 5.26 Å². The van der Waals surface area contributed by atoms with Crippen LogP contribution in [0.5, 0.6) is 0 Å². The Bertz CT molecular complexity index is 480. The molecule has 0 saturated heterocycles. The van der Waals surface area contributed by atoms with Crippen LogP contribution in [0.4, 0.5) is 0 Å². The SMILES string of the molecule is CCC(=O)c1cc(C#N)c(=O)[nH]c1CC. The van der Waals surface area contributed by atoms with Gasteiger partial charge < -0.3 is 4.98 Å². The Morgan fingerprint density at radius 3 is 2.67 bits per heavy atom. The molecule has 0 unspecified atom stereocenters. The summed E-state index contributed by atoms with van der Waals surface area (Å²) in [5.74, 6) is -0.0559. The lowest BCUT2D eigenvalue weighted by molar-refractivity contribution is 0.0987. The maximum atomic E-state index is 11.5. The van der Waals surface area contributed by atoms with Crippen LogP contribution in [0.1, 0.15) is 41.9 Å². The lowest BCUT2D eigenvalue weighted by Crippen LogP contribution is -2.17. The van der Waals surface area contributed by atoms with E-state index in [9.17, 15) is 9.59 Å². The number of aromatic nitrogens is 1. The number of nitrogens with zero attached hydrogens (tertiary/aromatic N) is 1. The van der Waals surface area contributed by atoms with E-state index in [4.69, 9.17) is 5.26 Å². The molecule has 15 heavy (non-hydrogen) atoms. The number of rotatable bonds is 3. The molecule has 0 fully saturated rings. The van der Waals surface area contributed by atoms with E-state index in [2.05, 4.69) is 4.98 Å². The highest BCUT2D eigenvalue weighted by molar-refractivity contribution is 5.97. The van der Waals surface area contributed by atoms with Crippen LogP contribution in [0.2, 0.25) is 0 Å². The number of aryl methyl sites for hydroxylation is 1. The van der Waals surface area contributed by atoms with Crippen LogP contribution in [-0.4, -0.2) is 10.8 Å². The molecule has 78 valence electrons. The summed E-state index contributed by atoms with van der Waals surface area (Å²) in [5.41, 5.74) is 0.619. The average molecular weight is 204 g/mol. The van der Waals surface area contributed by atoms with Crippen LogP contribution in [0.25, 0.3) is 0 Å². The van der Waals surface area contributed by atoms with Crippen molar-refractivity contribution in [1.29, 1.82) is 5.26 Å². The number of Topliss-reactive ketones (excluding diaryl/α,β-unsaturated/α-hetero) is 1. The molecule has 1 rings (SSSR count). The molecule has 0 aliphatic rings. The standard InChI is InChI=1S/C11H12N2O2/c1-3-9-8(10(14)4-2)5-7(6-12)11(15)13-9/h5H,3-4H2,1-2H3,(H,13,15). The van der Waals surface area contributed by atoms with Gasteiger partial charge in [-0.3, -0.25) is 9.59 Å². The Balaban J connectivity index is 3.43. The van der Waals surface area contributed by atoms with Crippen molar-refractivity contribution < 1.29 is 4.79 Å². The van der Waals surface area contributed by atoms with E-state index in [1.54, 1.807) is 13.0 Å². The van der Waals surface area contributed by atoms with E-state index >= 15 is 0 Å². The van der Waals surface area contributed by atoms with Crippen LogP contribution in [-0.2, 0) is 6.42 Å². The van der Waals surface area contributed by atoms with Crippen molar-refractivity contribution in [3.8, 4) is 6.07 Å². The van der Waals surface area contributed by atoms with Gasteiger partial charge in [0.15, 0.2) is 5.78 Å². The summed E-state index contributed by atoms with van der Waals surface area (Å²) in [4.78, 5) is 25.4. The predicted molar refractivity (Wildman–Crippen MR) is 55.8 cm³/mol. The normalized spacial score (nSPS) is 9.67. The van der Waals surface area contributed by atoms with Gasteiger partial charge in [0.2, 0.25) is 0 Å². The lowest BCUT2D eigenvalue weighted by Gasteiger charge is -2.05. The second kappa shape index (κ2) is 4.56. The van der Waals surface area contributed by atoms with Crippen LogP contribution in [0.15, 0.2) is 10.9 Å². The van der Waals surface area contributed by atoms with Gasteiger partial charge in [0.05, 0.1) is 0 Å². The fraction of sp³-hybridized carbons (Fsp3) is 0.364. The highest BCUT2D eigenvalue weighted by Crippen LogP contribution is 2.09. The highest BCUT2D eigenvalue weighted by Gasteiger charge is 2.12. The molecule has 1 aromatic rings. The molecule has 1 aromatic heterocycles. The van der Waals surface area contributed by atoms with Crippen LogP contribution in [0, 0.1) is 11.3 Å². The topological polar surface area (TPSA) is 73.7 Å². The number of carbonyl (C=O) groups excluding carboxylic acids is 1. The Kier molecular flexibility index (Phi) is 3.40. The minimum atomic E-state index is -0.429. The number of hydrogen-bond acceptors (Lipinski definition) is 3. The third kappa shape index (κ3) is 2.13. The van der Waals surface area contributed by atoms with Crippen molar-refractivity contribution in [2.24, 2.45) is 0 Å². The van der Waals surface area contributed by atoms with E-state index in [0.717, 1.165) is 0 Å². The zero-order valence-electron chi connectivity index (χ0n) is 8.76. The molecule has 0 aliphatic heterocycles. The number of hydrogen-bond donors (Lipinski definition) is 1. The van der Waals surface area contributed by atoms with Gasteiger partial charge in [0.25, 0.3) is 5.56 Å². The summed E-state index contributed by atoms with van der Waals surface area (Å²) < 4.78 is 0. The molecule has 0 aromatic carbocycles. The van der Waals surface area contributed by atoms with Crippen LogP contribution < -0.4 is 5.56 Å². The first-order chi connectivity index (χ1) is 7.13. The van der Waals surface area contributed by atoms with E-state index in [1.165, 1.54) is 6.07 Å².